The first kappa shape index (κ1) is 26.7. The van der Waals surface area contributed by atoms with Crippen molar-refractivity contribution < 1.29 is 24.1 Å². The van der Waals surface area contributed by atoms with Crippen LogP contribution in [0.2, 0.25) is 0 Å². The van der Waals surface area contributed by atoms with Gasteiger partial charge in [0.25, 0.3) is 0 Å². The van der Waals surface area contributed by atoms with Gasteiger partial charge in [-0.1, -0.05) is 11.8 Å². The molecule has 5 atom stereocenters. The lowest BCUT2D eigenvalue weighted by molar-refractivity contribution is -0.00632. The van der Waals surface area contributed by atoms with Crippen LogP contribution in [0.25, 0.3) is 0 Å². The molecule has 4 fully saturated rings. The van der Waals surface area contributed by atoms with E-state index in [1.807, 2.05) is 12.3 Å². The van der Waals surface area contributed by atoms with E-state index in [4.69, 9.17) is 34.6 Å². The van der Waals surface area contributed by atoms with Crippen LogP contribution in [0.3, 0.4) is 0 Å². The molecule has 2 aromatic rings. The lowest BCUT2D eigenvalue weighted by Gasteiger charge is -2.41. The highest BCUT2D eigenvalue weighted by Gasteiger charge is 2.48. The van der Waals surface area contributed by atoms with E-state index in [0.29, 0.717) is 23.9 Å². The first-order valence-corrected chi connectivity index (χ1v) is 15.2. The second kappa shape index (κ2) is 10.9. The molecule has 0 bridgehead atoms. The zero-order chi connectivity index (χ0) is 27.3. The molecule has 0 amide bonds. The van der Waals surface area contributed by atoms with Gasteiger partial charge in [-0.15, -0.1) is 0 Å². The van der Waals surface area contributed by atoms with Gasteiger partial charge in [-0.25, -0.2) is 15.0 Å². The van der Waals surface area contributed by atoms with Gasteiger partial charge in [0, 0.05) is 43.9 Å². The van der Waals surface area contributed by atoms with Crippen LogP contribution in [-0.4, -0.2) is 96.5 Å². The van der Waals surface area contributed by atoms with Crippen LogP contribution < -0.4 is 20.3 Å². The quantitative estimate of drug-likeness (QED) is 0.527. The van der Waals surface area contributed by atoms with Gasteiger partial charge in [-0.3, -0.25) is 0 Å². The Morgan fingerprint density at radius 2 is 2.08 bits per heavy atom. The molecular formula is C28H38N6O5S. The second-order valence-corrected chi connectivity index (χ2v) is 12.8. The smallest absolute Gasteiger partial charge is 0.175 e. The van der Waals surface area contributed by atoms with Crippen molar-refractivity contribution in [2.24, 2.45) is 11.1 Å². The van der Waals surface area contributed by atoms with Crippen molar-refractivity contribution in [2.75, 3.05) is 55.9 Å². The Bertz CT molecular complexity index is 1220. The SMILES string of the molecule is C[C@@H]1OCC2(CCN(c3ncc(Sc4ccnc5c4OC[C@@H]4C[C@H](OC6CCOC6)CN54)nc3CO)CC2)[C@@H]1N. The van der Waals surface area contributed by atoms with E-state index in [1.165, 1.54) is 11.8 Å². The largest absolute Gasteiger partial charge is 0.486 e. The molecule has 5 aliphatic heterocycles. The number of rotatable bonds is 6. The number of nitrogens with zero attached hydrogens (tertiary/aromatic N) is 5. The van der Waals surface area contributed by atoms with Crippen molar-refractivity contribution in [3.8, 4) is 5.75 Å². The van der Waals surface area contributed by atoms with E-state index in [9.17, 15) is 5.11 Å². The highest BCUT2D eigenvalue weighted by molar-refractivity contribution is 7.99. The average molecular weight is 571 g/mol. The second-order valence-electron chi connectivity index (χ2n) is 11.7. The third-order valence-corrected chi connectivity index (χ3v) is 10.2. The Morgan fingerprint density at radius 3 is 2.83 bits per heavy atom. The topological polar surface area (TPSA) is 128 Å². The van der Waals surface area contributed by atoms with Crippen LogP contribution in [0.4, 0.5) is 11.6 Å². The number of aliphatic hydroxyl groups excluding tert-OH is 1. The zero-order valence-electron chi connectivity index (χ0n) is 22.9. The standard InChI is InChI=1S/C28H38N6O5S/c1-17-25(29)28(16-38-17)4-7-33(8-5-28)26-21(13-35)32-23(11-31-26)40-22-2-6-30-27-24(22)37-14-18-10-20(12-34(18)27)39-19-3-9-36-15-19/h2,6,11,17-20,25,35H,3-5,7-10,12-16,29H2,1H3/t17-,18-,19?,20-,25+/m0/s1. The van der Waals surface area contributed by atoms with E-state index < -0.39 is 0 Å². The summed E-state index contributed by atoms with van der Waals surface area (Å²) in [5, 5.41) is 10.9. The van der Waals surface area contributed by atoms with Crippen molar-refractivity contribution in [2.45, 2.75) is 79.5 Å². The van der Waals surface area contributed by atoms with Gasteiger partial charge in [-0.2, -0.15) is 0 Å². The van der Waals surface area contributed by atoms with E-state index in [0.717, 1.165) is 80.8 Å². The fourth-order valence-corrected chi connectivity index (χ4v) is 7.73. The number of hydrogen-bond donors (Lipinski definition) is 2. The first-order valence-electron chi connectivity index (χ1n) is 14.4. The molecule has 4 saturated heterocycles. The molecule has 0 saturated carbocycles. The van der Waals surface area contributed by atoms with E-state index in [-0.39, 0.29) is 42.4 Å². The molecule has 11 nitrogen and oxygen atoms in total. The number of fused-ring (bicyclic) bond motifs is 3. The summed E-state index contributed by atoms with van der Waals surface area (Å²) >= 11 is 1.49. The van der Waals surface area contributed by atoms with E-state index in [1.54, 1.807) is 6.20 Å². The maximum atomic E-state index is 10.2. The minimum atomic E-state index is -0.175. The number of aromatic nitrogens is 3. The molecule has 12 heteroatoms. The van der Waals surface area contributed by atoms with Gasteiger partial charge in [0.2, 0.25) is 0 Å². The van der Waals surface area contributed by atoms with Crippen molar-refractivity contribution >= 4 is 23.4 Å². The Labute approximate surface area is 238 Å². The summed E-state index contributed by atoms with van der Waals surface area (Å²) in [5.41, 5.74) is 7.11. The van der Waals surface area contributed by atoms with Gasteiger partial charge >= 0.3 is 0 Å². The summed E-state index contributed by atoms with van der Waals surface area (Å²) in [6.45, 7) is 7.11. The molecule has 7 heterocycles. The Kier molecular flexibility index (Phi) is 7.25. The zero-order valence-corrected chi connectivity index (χ0v) is 23.7. The number of nitrogens with two attached hydrogens (primary N) is 1. The highest BCUT2D eigenvalue weighted by atomic mass is 32.2. The Hall–Kier alpha value is -2.22. The van der Waals surface area contributed by atoms with Crippen molar-refractivity contribution in [1.29, 1.82) is 0 Å². The summed E-state index contributed by atoms with van der Waals surface area (Å²) in [4.78, 5) is 19.7. The third-order valence-electron chi connectivity index (χ3n) is 9.26. The lowest BCUT2D eigenvalue weighted by Crippen LogP contribution is -2.51. The average Bonchev–Trinajstić information content (AvgIpc) is 3.71. The van der Waals surface area contributed by atoms with Crippen LogP contribution in [-0.2, 0) is 20.8 Å². The van der Waals surface area contributed by atoms with Crippen LogP contribution in [0.5, 0.6) is 5.75 Å². The fourth-order valence-electron chi connectivity index (χ4n) is 6.87. The van der Waals surface area contributed by atoms with Crippen LogP contribution in [0.15, 0.2) is 28.4 Å². The number of piperidine rings is 1. The third kappa shape index (κ3) is 4.82. The molecular weight excluding hydrogens is 532 g/mol. The lowest BCUT2D eigenvalue weighted by atomic mass is 9.73. The van der Waals surface area contributed by atoms with Gasteiger partial charge in [-0.05, 0) is 38.7 Å². The highest BCUT2D eigenvalue weighted by Crippen LogP contribution is 2.45. The van der Waals surface area contributed by atoms with Crippen molar-refractivity contribution in [1.82, 2.24) is 15.0 Å². The first-order chi connectivity index (χ1) is 19.5. The molecule has 2 aromatic heterocycles. The molecule has 1 spiro atoms. The summed E-state index contributed by atoms with van der Waals surface area (Å²) in [6, 6.07) is 2.27. The van der Waals surface area contributed by atoms with Gasteiger partial charge in [0.05, 0.1) is 55.3 Å². The molecule has 0 aromatic carbocycles. The normalized spacial score (nSPS) is 30.9. The summed E-state index contributed by atoms with van der Waals surface area (Å²) in [5.74, 6) is 2.37. The summed E-state index contributed by atoms with van der Waals surface area (Å²) < 4.78 is 23.9. The fraction of sp³-hybridized carbons (Fsp3) is 0.679. The molecule has 3 N–H and O–H groups in total. The number of pyridine rings is 1. The molecule has 1 unspecified atom stereocenters. The van der Waals surface area contributed by atoms with Gasteiger partial charge in [0.1, 0.15) is 17.3 Å². The molecule has 0 radical (unpaired) electrons. The van der Waals surface area contributed by atoms with Crippen molar-refractivity contribution in [3.05, 3.63) is 24.2 Å². The summed E-state index contributed by atoms with van der Waals surface area (Å²) in [6.07, 6.45) is 7.83. The number of ether oxygens (including phenoxy) is 4. The molecule has 7 rings (SSSR count). The van der Waals surface area contributed by atoms with Crippen LogP contribution in [0.1, 0.15) is 38.3 Å². The van der Waals surface area contributed by atoms with Crippen LogP contribution in [0, 0.1) is 5.41 Å². The molecule has 40 heavy (non-hydrogen) atoms. The molecule has 216 valence electrons. The monoisotopic (exact) mass is 570 g/mol. The number of anilines is 2. The Balaban J connectivity index is 1.05. The maximum absolute atomic E-state index is 10.2. The van der Waals surface area contributed by atoms with Gasteiger partial charge < -0.3 is 39.6 Å². The van der Waals surface area contributed by atoms with E-state index in [2.05, 4.69) is 21.7 Å². The molecule has 0 aliphatic carbocycles. The number of aliphatic hydroxyl groups is 1. The summed E-state index contributed by atoms with van der Waals surface area (Å²) in [7, 11) is 0. The van der Waals surface area contributed by atoms with Crippen LogP contribution >= 0.6 is 11.8 Å². The minimum Gasteiger partial charge on any atom is -0.486 e. The predicted molar refractivity (Wildman–Crippen MR) is 149 cm³/mol. The minimum absolute atomic E-state index is 0.0321. The van der Waals surface area contributed by atoms with Gasteiger partial charge in [0.15, 0.2) is 17.4 Å². The maximum Gasteiger partial charge on any atom is 0.175 e. The van der Waals surface area contributed by atoms with E-state index >= 15 is 0 Å². The Morgan fingerprint density at radius 1 is 1.20 bits per heavy atom. The van der Waals surface area contributed by atoms with Crippen molar-refractivity contribution in [3.63, 3.8) is 0 Å². The number of hydrogen-bond acceptors (Lipinski definition) is 12. The predicted octanol–water partition coefficient (Wildman–Crippen LogP) is 1.99. The molecule has 5 aliphatic rings.